The van der Waals surface area contributed by atoms with Gasteiger partial charge in [-0.05, 0) is 24.3 Å². The largest absolute Gasteiger partial charge is 0.369 e. The number of carbonyl (C=O) groups excluding carboxylic acids is 2. The van der Waals surface area contributed by atoms with Gasteiger partial charge in [0.1, 0.15) is 5.92 Å². The minimum atomic E-state index is -0.907. The Kier molecular flexibility index (Phi) is 5.58. The van der Waals surface area contributed by atoms with Crippen LogP contribution in [0.25, 0.3) is 0 Å². The Balaban J connectivity index is 1.90. The summed E-state index contributed by atoms with van der Waals surface area (Å²) in [7, 11) is 0. The standard InChI is InChI=1S/C20H26N4O2/c21-12-20(13-23-14-20)24(11-15-7-3-1-4-8-15)19(26)17(18(22)25)16-9-5-2-6-10-16/h1,3-4,7-8,16-17,23H,2,5-6,9-11,13-14H2,(H2,22,25). The zero-order valence-corrected chi connectivity index (χ0v) is 15.0. The molecule has 1 heterocycles. The first-order chi connectivity index (χ1) is 12.6. The van der Waals surface area contributed by atoms with E-state index in [1.165, 1.54) is 0 Å². The molecule has 1 unspecified atom stereocenters. The molecule has 0 bridgehead atoms. The number of hydrogen-bond acceptors (Lipinski definition) is 4. The van der Waals surface area contributed by atoms with Crippen LogP contribution in [0.5, 0.6) is 0 Å². The molecular weight excluding hydrogens is 328 g/mol. The second-order valence-corrected chi connectivity index (χ2v) is 7.44. The number of nitrogens with one attached hydrogen (secondary N) is 1. The third-order valence-corrected chi connectivity index (χ3v) is 5.70. The lowest BCUT2D eigenvalue weighted by atomic mass is 9.78. The van der Waals surface area contributed by atoms with Crippen LogP contribution < -0.4 is 11.1 Å². The van der Waals surface area contributed by atoms with Gasteiger partial charge < -0.3 is 16.0 Å². The van der Waals surface area contributed by atoms with Crippen molar-refractivity contribution in [1.29, 1.82) is 5.26 Å². The maximum Gasteiger partial charge on any atom is 0.237 e. The summed E-state index contributed by atoms with van der Waals surface area (Å²) in [5, 5.41) is 12.9. The summed E-state index contributed by atoms with van der Waals surface area (Å²) in [6.45, 7) is 1.14. The highest BCUT2D eigenvalue weighted by molar-refractivity contribution is 6.00. The van der Waals surface area contributed by atoms with Crippen molar-refractivity contribution < 1.29 is 9.59 Å². The highest BCUT2D eigenvalue weighted by Crippen LogP contribution is 2.34. The summed E-state index contributed by atoms with van der Waals surface area (Å²) in [6.07, 6.45) is 4.86. The monoisotopic (exact) mass is 354 g/mol. The van der Waals surface area contributed by atoms with Crippen molar-refractivity contribution in [2.75, 3.05) is 13.1 Å². The Bertz CT molecular complexity index is 688. The average Bonchev–Trinajstić information content (AvgIpc) is 2.62. The molecule has 0 spiro atoms. The van der Waals surface area contributed by atoms with Gasteiger partial charge in [0.15, 0.2) is 5.54 Å². The summed E-state index contributed by atoms with van der Waals surface area (Å²) in [6, 6.07) is 11.9. The lowest BCUT2D eigenvalue weighted by molar-refractivity contribution is -0.149. The van der Waals surface area contributed by atoms with E-state index in [9.17, 15) is 14.9 Å². The van der Waals surface area contributed by atoms with Crippen molar-refractivity contribution in [3.8, 4) is 6.07 Å². The maximum absolute atomic E-state index is 13.4. The predicted molar refractivity (Wildman–Crippen MR) is 97.5 cm³/mol. The third-order valence-electron chi connectivity index (χ3n) is 5.70. The number of nitriles is 1. The van der Waals surface area contributed by atoms with Crippen LogP contribution >= 0.6 is 0 Å². The predicted octanol–water partition coefficient (Wildman–Crippen LogP) is 1.56. The van der Waals surface area contributed by atoms with Crippen LogP contribution in [-0.2, 0) is 16.1 Å². The van der Waals surface area contributed by atoms with Gasteiger partial charge in [0.05, 0.1) is 6.07 Å². The van der Waals surface area contributed by atoms with Crippen molar-refractivity contribution in [1.82, 2.24) is 10.2 Å². The van der Waals surface area contributed by atoms with Gasteiger partial charge >= 0.3 is 0 Å². The van der Waals surface area contributed by atoms with E-state index in [1.807, 2.05) is 30.3 Å². The molecule has 138 valence electrons. The molecule has 0 radical (unpaired) electrons. The SMILES string of the molecule is N#CC1(N(Cc2ccccc2)C(=O)C(C(N)=O)C2CCCCC2)CNC1. The van der Waals surface area contributed by atoms with E-state index in [4.69, 9.17) is 5.73 Å². The molecule has 1 atom stereocenters. The smallest absolute Gasteiger partial charge is 0.237 e. The van der Waals surface area contributed by atoms with Gasteiger partial charge in [0.25, 0.3) is 0 Å². The van der Waals surface area contributed by atoms with Crippen molar-refractivity contribution in [3.63, 3.8) is 0 Å². The van der Waals surface area contributed by atoms with Gasteiger partial charge in [-0.2, -0.15) is 5.26 Å². The summed E-state index contributed by atoms with van der Waals surface area (Å²) >= 11 is 0. The Morgan fingerprint density at radius 1 is 1.23 bits per heavy atom. The van der Waals surface area contributed by atoms with E-state index in [1.54, 1.807) is 4.90 Å². The molecule has 1 aromatic rings. The molecule has 1 saturated heterocycles. The first-order valence-corrected chi connectivity index (χ1v) is 9.34. The van der Waals surface area contributed by atoms with Crippen LogP contribution in [0.1, 0.15) is 37.7 Å². The molecule has 3 rings (SSSR count). The minimum Gasteiger partial charge on any atom is -0.369 e. The van der Waals surface area contributed by atoms with E-state index >= 15 is 0 Å². The topological polar surface area (TPSA) is 99.2 Å². The Labute approximate surface area is 154 Å². The number of amides is 2. The molecule has 3 N–H and O–H groups in total. The van der Waals surface area contributed by atoms with Gasteiger partial charge in [-0.1, -0.05) is 49.6 Å². The summed E-state index contributed by atoms with van der Waals surface area (Å²) in [5.74, 6) is -1.72. The lowest BCUT2D eigenvalue weighted by Crippen LogP contribution is -2.70. The van der Waals surface area contributed by atoms with Gasteiger partial charge in [-0.15, -0.1) is 0 Å². The zero-order chi connectivity index (χ0) is 18.6. The highest BCUT2D eigenvalue weighted by Gasteiger charge is 2.49. The molecule has 2 fully saturated rings. The van der Waals surface area contributed by atoms with E-state index < -0.39 is 17.4 Å². The molecule has 6 nitrogen and oxygen atoms in total. The third kappa shape index (κ3) is 3.58. The van der Waals surface area contributed by atoms with E-state index in [2.05, 4.69) is 11.4 Å². The summed E-state index contributed by atoms with van der Waals surface area (Å²) in [4.78, 5) is 27.2. The fourth-order valence-corrected chi connectivity index (χ4v) is 4.09. The number of rotatable bonds is 6. The van der Waals surface area contributed by atoms with Gasteiger partial charge in [-0.3, -0.25) is 9.59 Å². The normalized spacial score (nSPS) is 20.4. The number of nitrogens with zero attached hydrogens (tertiary/aromatic N) is 2. The van der Waals surface area contributed by atoms with E-state index in [0.717, 1.165) is 37.7 Å². The van der Waals surface area contributed by atoms with Crippen LogP contribution in [0.2, 0.25) is 0 Å². The molecule has 2 amide bonds. The fourth-order valence-electron chi connectivity index (χ4n) is 4.09. The molecule has 1 aromatic carbocycles. The summed E-state index contributed by atoms with van der Waals surface area (Å²) in [5.41, 5.74) is 5.69. The fraction of sp³-hybridized carbons (Fsp3) is 0.550. The van der Waals surface area contributed by atoms with Crippen LogP contribution in [0.3, 0.4) is 0 Å². The maximum atomic E-state index is 13.4. The number of nitrogens with two attached hydrogens (primary N) is 1. The highest BCUT2D eigenvalue weighted by atomic mass is 16.2. The average molecular weight is 354 g/mol. The quantitative estimate of drug-likeness (QED) is 0.757. The lowest BCUT2D eigenvalue weighted by Gasteiger charge is -2.47. The molecule has 1 aliphatic carbocycles. The van der Waals surface area contributed by atoms with Crippen molar-refractivity contribution in [3.05, 3.63) is 35.9 Å². The Hall–Kier alpha value is -2.39. The van der Waals surface area contributed by atoms with Crippen LogP contribution in [0, 0.1) is 23.2 Å². The molecule has 1 saturated carbocycles. The Morgan fingerprint density at radius 2 is 1.88 bits per heavy atom. The number of carbonyl (C=O) groups is 2. The molecule has 26 heavy (non-hydrogen) atoms. The van der Waals surface area contributed by atoms with Gasteiger partial charge in [0.2, 0.25) is 11.8 Å². The van der Waals surface area contributed by atoms with Crippen molar-refractivity contribution in [2.45, 2.75) is 44.2 Å². The molecule has 2 aliphatic rings. The first kappa shape index (κ1) is 18.4. The van der Waals surface area contributed by atoms with Crippen LogP contribution in [0.4, 0.5) is 0 Å². The second-order valence-electron chi connectivity index (χ2n) is 7.44. The molecule has 0 aromatic heterocycles. The number of benzene rings is 1. The first-order valence-electron chi connectivity index (χ1n) is 9.34. The van der Waals surface area contributed by atoms with E-state index in [0.29, 0.717) is 19.6 Å². The minimum absolute atomic E-state index is 0.0178. The van der Waals surface area contributed by atoms with Crippen molar-refractivity contribution in [2.24, 2.45) is 17.6 Å². The molecule has 6 heteroatoms. The Morgan fingerprint density at radius 3 is 2.38 bits per heavy atom. The number of hydrogen-bond donors (Lipinski definition) is 2. The summed E-state index contributed by atoms with van der Waals surface area (Å²) < 4.78 is 0. The van der Waals surface area contributed by atoms with Gasteiger partial charge in [-0.25, -0.2) is 0 Å². The van der Waals surface area contributed by atoms with Crippen LogP contribution in [-0.4, -0.2) is 35.3 Å². The zero-order valence-electron chi connectivity index (χ0n) is 15.0. The van der Waals surface area contributed by atoms with Gasteiger partial charge in [0, 0.05) is 19.6 Å². The molecule has 1 aliphatic heterocycles. The van der Waals surface area contributed by atoms with Crippen molar-refractivity contribution >= 4 is 11.8 Å². The van der Waals surface area contributed by atoms with E-state index in [-0.39, 0.29) is 11.8 Å². The number of primary amides is 1. The van der Waals surface area contributed by atoms with Crippen LogP contribution in [0.15, 0.2) is 30.3 Å². The molecular formula is C20H26N4O2. The second kappa shape index (κ2) is 7.88.